The highest BCUT2D eigenvalue weighted by Gasteiger charge is 2.50. The highest BCUT2D eigenvalue weighted by Crippen LogP contribution is 2.30. The number of benzene rings is 1. The molecule has 25 heavy (non-hydrogen) atoms. The molecule has 1 aliphatic rings. The number of carboxylic acid groups (broad SMARTS) is 1. The highest BCUT2D eigenvalue weighted by atomic mass is 16.5. The van der Waals surface area contributed by atoms with Gasteiger partial charge in [0, 0.05) is 19.2 Å². The van der Waals surface area contributed by atoms with Gasteiger partial charge in [0.15, 0.2) is 11.4 Å². The minimum absolute atomic E-state index is 0.0271. The second-order valence-electron chi connectivity index (χ2n) is 6.05. The van der Waals surface area contributed by atoms with E-state index in [1.807, 2.05) is 30.3 Å². The smallest absolute Gasteiger partial charge is 0.332 e. The predicted molar refractivity (Wildman–Crippen MR) is 88.6 cm³/mol. The number of amides is 1. The molecule has 8 heteroatoms. The third kappa shape index (κ3) is 3.25. The first-order valence-electron chi connectivity index (χ1n) is 8.04. The fourth-order valence-electron chi connectivity index (χ4n) is 3.23. The summed E-state index contributed by atoms with van der Waals surface area (Å²) in [4.78, 5) is 30.0. The lowest BCUT2D eigenvalue weighted by atomic mass is 9.97. The van der Waals surface area contributed by atoms with Gasteiger partial charge in [0.1, 0.15) is 12.9 Å². The molecular formula is C17H20N4O4. The largest absolute Gasteiger partial charge is 0.479 e. The van der Waals surface area contributed by atoms with Gasteiger partial charge in [0.25, 0.3) is 0 Å². The van der Waals surface area contributed by atoms with Crippen LogP contribution in [0.4, 0.5) is 0 Å². The average molecular weight is 344 g/mol. The van der Waals surface area contributed by atoms with E-state index in [0.29, 0.717) is 25.2 Å². The number of nitrogens with zero attached hydrogens (tertiary/aromatic N) is 4. The second-order valence-corrected chi connectivity index (χ2v) is 6.05. The molecular weight excluding hydrogens is 324 g/mol. The average Bonchev–Trinajstić information content (AvgIpc) is 3.24. The zero-order valence-electron chi connectivity index (χ0n) is 14.0. The fourth-order valence-corrected chi connectivity index (χ4v) is 3.23. The van der Waals surface area contributed by atoms with Crippen LogP contribution in [-0.4, -0.2) is 62.4 Å². The Kier molecular flexibility index (Phi) is 4.80. The molecule has 0 radical (unpaired) electrons. The maximum atomic E-state index is 12.7. The van der Waals surface area contributed by atoms with Crippen molar-refractivity contribution in [3.63, 3.8) is 0 Å². The molecule has 1 unspecified atom stereocenters. The quantitative estimate of drug-likeness (QED) is 0.841. The molecule has 1 fully saturated rings. The molecule has 0 bridgehead atoms. The Morgan fingerprint density at radius 3 is 2.76 bits per heavy atom. The summed E-state index contributed by atoms with van der Waals surface area (Å²) in [6, 6.07) is 9.44. The number of carbonyl (C=O) groups is 2. The molecule has 1 atom stereocenters. The van der Waals surface area contributed by atoms with Crippen LogP contribution >= 0.6 is 0 Å². The minimum Gasteiger partial charge on any atom is -0.479 e. The molecule has 1 saturated heterocycles. The van der Waals surface area contributed by atoms with Gasteiger partial charge in [-0.15, -0.1) is 0 Å². The van der Waals surface area contributed by atoms with Crippen LogP contribution < -0.4 is 0 Å². The number of carbonyl (C=O) groups excluding carboxylic acids is 1. The zero-order valence-corrected chi connectivity index (χ0v) is 14.0. The van der Waals surface area contributed by atoms with Crippen LogP contribution in [-0.2, 0) is 20.9 Å². The Morgan fingerprint density at radius 1 is 1.32 bits per heavy atom. The van der Waals surface area contributed by atoms with Crippen LogP contribution in [0.1, 0.15) is 12.8 Å². The predicted octanol–water partition coefficient (Wildman–Crippen LogP) is 1.04. The van der Waals surface area contributed by atoms with Gasteiger partial charge in [-0.1, -0.05) is 30.3 Å². The van der Waals surface area contributed by atoms with E-state index in [0.717, 1.165) is 5.56 Å². The van der Waals surface area contributed by atoms with Crippen molar-refractivity contribution in [2.45, 2.75) is 24.9 Å². The third-order valence-corrected chi connectivity index (χ3v) is 4.44. The topological polar surface area (TPSA) is 97.6 Å². The Bertz CT molecular complexity index is 761. The van der Waals surface area contributed by atoms with Crippen molar-refractivity contribution >= 4 is 11.9 Å². The van der Waals surface area contributed by atoms with Gasteiger partial charge in [0.05, 0.1) is 6.61 Å². The molecule has 8 nitrogen and oxygen atoms in total. The van der Waals surface area contributed by atoms with Crippen molar-refractivity contribution in [3.05, 3.63) is 36.7 Å². The second kappa shape index (κ2) is 7.02. The van der Waals surface area contributed by atoms with Crippen LogP contribution in [0.2, 0.25) is 0 Å². The molecule has 1 aromatic heterocycles. The molecule has 0 spiro atoms. The summed E-state index contributed by atoms with van der Waals surface area (Å²) in [5, 5.41) is 13.9. The normalized spacial score (nSPS) is 20.0. The minimum atomic E-state index is -1.30. The van der Waals surface area contributed by atoms with Gasteiger partial charge in [-0.25, -0.2) is 14.5 Å². The summed E-state index contributed by atoms with van der Waals surface area (Å²) in [5.41, 5.74) is -0.441. The van der Waals surface area contributed by atoms with Crippen LogP contribution in [0, 0.1) is 0 Å². The van der Waals surface area contributed by atoms with Gasteiger partial charge < -0.3 is 14.7 Å². The van der Waals surface area contributed by atoms with Crippen molar-refractivity contribution in [3.8, 4) is 11.4 Å². The number of rotatable bonds is 6. The lowest BCUT2D eigenvalue weighted by Crippen LogP contribution is -2.56. The van der Waals surface area contributed by atoms with E-state index in [4.69, 9.17) is 4.74 Å². The number of hydrogen-bond acceptors (Lipinski definition) is 5. The molecule has 2 heterocycles. The first-order chi connectivity index (χ1) is 12.1. The van der Waals surface area contributed by atoms with Crippen molar-refractivity contribution < 1.29 is 19.4 Å². The summed E-state index contributed by atoms with van der Waals surface area (Å²) in [7, 11) is 1.44. The summed E-state index contributed by atoms with van der Waals surface area (Å²) in [6.45, 7) is 0.313. The molecule has 0 aliphatic carbocycles. The van der Waals surface area contributed by atoms with Crippen molar-refractivity contribution in [2.75, 3.05) is 20.3 Å². The van der Waals surface area contributed by atoms with Gasteiger partial charge in [-0.05, 0) is 12.8 Å². The van der Waals surface area contributed by atoms with E-state index in [2.05, 4.69) is 10.1 Å². The highest BCUT2D eigenvalue weighted by molar-refractivity contribution is 5.88. The standard InChI is InChI=1S/C17H20N4O4/c1-25-11-17(16(23)24)8-5-9-21(17)14(22)10-20-12-18-15(19-20)13-6-3-2-4-7-13/h2-4,6-7,12H,5,8-11H2,1H3,(H,23,24). The van der Waals surface area contributed by atoms with E-state index in [-0.39, 0.29) is 19.1 Å². The summed E-state index contributed by atoms with van der Waals surface area (Å²) in [6.07, 6.45) is 2.50. The molecule has 1 amide bonds. The first kappa shape index (κ1) is 17.1. The number of likely N-dealkylation sites (tertiary alicyclic amines) is 1. The first-order valence-corrected chi connectivity index (χ1v) is 8.04. The summed E-state index contributed by atoms with van der Waals surface area (Å²) in [5.74, 6) is -0.818. The van der Waals surface area contributed by atoms with Crippen LogP contribution in [0.15, 0.2) is 36.7 Å². The Labute approximate surface area is 145 Å². The maximum absolute atomic E-state index is 12.7. The van der Waals surface area contributed by atoms with Crippen LogP contribution in [0.3, 0.4) is 0 Å². The van der Waals surface area contributed by atoms with Gasteiger partial charge in [-0.2, -0.15) is 5.10 Å². The maximum Gasteiger partial charge on any atom is 0.332 e. The lowest BCUT2D eigenvalue weighted by molar-refractivity contribution is -0.160. The van der Waals surface area contributed by atoms with Crippen LogP contribution in [0.25, 0.3) is 11.4 Å². The molecule has 2 aromatic rings. The number of aromatic nitrogens is 3. The number of ether oxygens (including phenoxy) is 1. The zero-order chi connectivity index (χ0) is 17.9. The fraction of sp³-hybridized carbons (Fsp3) is 0.412. The molecule has 0 saturated carbocycles. The van der Waals surface area contributed by atoms with E-state index >= 15 is 0 Å². The Morgan fingerprint density at radius 2 is 2.08 bits per heavy atom. The van der Waals surface area contributed by atoms with Crippen LogP contribution in [0.5, 0.6) is 0 Å². The number of hydrogen-bond donors (Lipinski definition) is 1. The van der Waals surface area contributed by atoms with E-state index in [1.54, 1.807) is 0 Å². The summed E-state index contributed by atoms with van der Waals surface area (Å²) >= 11 is 0. The number of methoxy groups -OCH3 is 1. The Balaban J connectivity index is 1.76. The summed E-state index contributed by atoms with van der Waals surface area (Å²) < 4.78 is 6.51. The molecule has 132 valence electrons. The van der Waals surface area contributed by atoms with Gasteiger partial charge >= 0.3 is 5.97 Å². The number of carboxylic acids is 1. The van der Waals surface area contributed by atoms with E-state index < -0.39 is 11.5 Å². The monoisotopic (exact) mass is 344 g/mol. The molecule has 1 aromatic carbocycles. The van der Waals surface area contributed by atoms with Gasteiger partial charge in [-0.3, -0.25) is 4.79 Å². The van der Waals surface area contributed by atoms with E-state index in [9.17, 15) is 14.7 Å². The van der Waals surface area contributed by atoms with Crippen molar-refractivity contribution in [1.29, 1.82) is 0 Å². The third-order valence-electron chi connectivity index (χ3n) is 4.44. The molecule has 1 N–H and O–H groups in total. The van der Waals surface area contributed by atoms with Crippen molar-refractivity contribution in [2.24, 2.45) is 0 Å². The molecule has 3 rings (SSSR count). The van der Waals surface area contributed by atoms with Crippen molar-refractivity contribution in [1.82, 2.24) is 19.7 Å². The van der Waals surface area contributed by atoms with E-state index in [1.165, 1.54) is 23.0 Å². The molecule has 1 aliphatic heterocycles. The number of aliphatic carboxylic acids is 1. The SMILES string of the molecule is COCC1(C(=O)O)CCCN1C(=O)Cn1cnc(-c2ccccc2)n1. The lowest BCUT2D eigenvalue weighted by Gasteiger charge is -2.34. The van der Waals surface area contributed by atoms with Gasteiger partial charge in [0.2, 0.25) is 5.91 Å². The Hall–Kier alpha value is -2.74.